The summed E-state index contributed by atoms with van der Waals surface area (Å²) in [5, 5.41) is 12.4. The molecule has 0 unspecified atom stereocenters. The minimum Gasteiger partial charge on any atom is -0.392 e. The van der Waals surface area contributed by atoms with Gasteiger partial charge in [0.15, 0.2) is 0 Å². The summed E-state index contributed by atoms with van der Waals surface area (Å²) in [7, 11) is 0. The third-order valence-electron chi connectivity index (χ3n) is 3.39. The number of nitroso groups, excluding NO2 is 1. The van der Waals surface area contributed by atoms with Crippen LogP contribution in [0.3, 0.4) is 0 Å². The molecule has 0 bridgehead atoms. The van der Waals surface area contributed by atoms with Crippen molar-refractivity contribution in [2.24, 2.45) is 5.18 Å². The molecule has 2 heterocycles. The number of hydrogen-bond donors (Lipinski definition) is 1. The first kappa shape index (κ1) is 13.4. The van der Waals surface area contributed by atoms with Crippen molar-refractivity contribution in [3.05, 3.63) is 58.4 Å². The molecular formula is C15H12FN3O2. The number of imidazole rings is 1. The summed E-state index contributed by atoms with van der Waals surface area (Å²) in [6.45, 7) is 1.45. The van der Waals surface area contributed by atoms with E-state index in [0.29, 0.717) is 28.0 Å². The summed E-state index contributed by atoms with van der Waals surface area (Å²) in [6, 6.07) is 7.92. The predicted molar refractivity (Wildman–Crippen MR) is 76.7 cm³/mol. The van der Waals surface area contributed by atoms with Crippen LogP contribution in [-0.2, 0) is 6.61 Å². The molecule has 1 N–H and O–H groups in total. The molecular weight excluding hydrogens is 273 g/mol. The van der Waals surface area contributed by atoms with Crippen LogP contribution in [0.4, 0.5) is 10.2 Å². The van der Waals surface area contributed by atoms with Gasteiger partial charge in [-0.15, -0.1) is 4.91 Å². The van der Waals surface area contributed by atoms with E-state index in [9.17, 15) is 14.4 Å². The van der Waals surface area contributed by atoms with Crippen molar-refractivity contribution in [1.29, 1.82) is 0 Å². The first-order valence-electron chi connectivity index (χ1n) is 6.36. The molecule has 3 rings (SSSR count). The number of fused-ring (bicyclic) bond motifs is 1. The lowest BCUT2D eigenvalue weighted by molar-refractivity contribution is 0.282. The molecule has 2 aromatic heterocycles. The fourth-order valence-corrected chi connectivity index (χ4v) is 2.31. The fraction of sp³-hybridized carbons (Fsp3) is 0.133. The molecule has 6 heteroatoms. The van der Waals surface area contributed by atoms with Crippen LogP contribution in [0.15, 0.2) is 41.7 Å². The molecule has 3 aromatic rings. The highest BCUT2D eigenvalue weighted by Gasteiger charge is 2.17. The van der Waals surface area contributed by atoms with Crippen LogP contribution < -0.4 is 0 Å². The number of rotatable bonds is 3. The Balaban J connectivity index is 2.31. The Labute approximate surface area is 119 Å². The lowest BCUT2D eigenvalue weighted by atomic mass is 10.1. The lowest BCUT2D eigenvalue weighted by Crippen LogP contribution is -1.90. The Kier molecular flexibility index (Phi) is 3.23. The molecule has 1 aromatic carbocycles. The number of aliphatic hydroxyl groups excluding tert-OH is 1. The van der Waals surface area contributed by atoms with Gasteiger partial charge in [0.2, 0.25) is 5.82 Å². The molecule has 0 saturated heterocycles. The first-order valence-corrected chi connectivity index (χ1v) is 6.36. The van der Waals surface area contributed by atoms with Crippen molar-refractivity contribution in [2.75, 3.05) is 0 Å². The number of halogens is 1. The van der Waals surface area contributed by atoms with Gasteiger partial charge in [0.1, 0.15) is 17.2 Å². The highest BCUT2D eigenvalue weighted by Crippen LogP contribution is 2.32. The van der Waals surface area contributed by atoms with Crippen LogP contribution in [0, 0.1) is 17.6 Å². The molecule has 0 spiro atoms. The third kappa shape index (κ3) is 2.09. The molecule has 5 nitrogen and oxygen atoms in total. The maximum Gasteiger partial charge on any atom is 0.209 e. The summed E-state index contributed by atoms with van der Waals surface area (Å²) in [5.41, 5.74) is 2.49. The second-order valence-corrected chi connectivity index (χ2v) is 4.72. The smallest absolute Gasteiger partial charge is 0.209 e. The SMILES string of the molecule is Cc1cc(-c2nc3c(CO)cccn3c2N=O)ccc1F. The number of benzene rings is 1. The van der Waals surface area contributed by atoms with E-state index in [1.165, 1.54) is 10.5 Å². The van der Waals surface area contributed by atoms with Gasteiger partial charge in [0.25, 0.3) is 0 Å². The first-order chi connectivity index (χ1) is 10.2. The summed E-state index contributed by atoms with van der Waals surface area (Å²) < 4.78 is 14.9. The van der Waals surface area contributed by atoms with Crippen LogP contribution >= 0.6 is 0 Å². The van der Waals surface area contributed by atoms with Crippen molar-refractivity contribution >= 4 is 11.5 Å². The monoisotopic (exact) mass is 285 g/mol. The van der Waals surface area contributed by atoms with Crippen molar-refractivity contribution in [3.63, 3.8) is 0 Å². The summed E-state index contributed by atoms with van der Waals surface area (Å²) in [5.74, 6) is -0.189. The van der Waals surface area contributed by atoms with Gasteiger partial charge >= 0.3 is 0 Å². The Morgan fingerprint density at radius 1 is 1.38 bits per heavy atom. The van der Waals surface area contributed by atoms with Gasteiger partial charge in [0.05, 0.1) is 6.61 Å². The maximum absolute atomic E-state index is 13.4. The molecule has 106 valence electrons. The molecule has 0 saturated carbocycles. The maximum atomic E-state index is 13.4. The summed E-state index contributed by atoms with van der Waals surface area (Å²) >= 11 is 0. The van der Waals surface area contributed by atoms with Crippen LogP contribution in [0.1, 0.15) is 11.1 Å². The minimum atomic E-state index is -0.320. The van der Waals surface area contributed by atoms with E-state index >= 15 is 0 Å². The fourth-order valence-electron chi connectivity index (χ4n) is 2.31. The average Bonchev–Trinajstić information content (AvgIpc) is 2.88. The lowest BCUT2D eigenvalue weighted by Gasteiger charge is -2.01. The largest absolute Gasteiger partial charge is 0.392 e. The quantitative estimate of drug-likeness (QED) is 0.750. The van der Waals surface area contributed by atoms with E-state index in [2.05, 4.69) is 10.2 Å². The number of nitrogens with zero attached hydrogens (tertiary/aromatic N) is 3. The zero-order valence-electron chi connectivity index (χ0n) is 11.2. The van der Waals surface area contributed by atoms with Crippen LogP contribution in [-0.4, -0.2) is 14.5 Å². The van der Waals surface area contributed by atoms with Crippen molar-refractivity contribution in [3.8, 4) is 11.3 Å². The molecule has 0 aliphatic heterocycles. The third-order valence-corrected chi connectivity index (χ3v) is 3.39. The van der Waals surface area contributed by atoms with Gasteiger partial charge in [-0.1, -0.05) is 6.07 Å². The van der Waals surface area contributed by atoms with E-state index in [0.717, 1.165) is 0 Å². The van der Waals surface area contributed by atoms with Gasteiger partial charge in [0, 0.05) is 17.3 Å². The van der Waals surface area contributed by atoms with E-state index in [-0.39, 0.29) is 18.2 Å². The number of aryl methyl sites for hydroxylation is 1. The Hall–Kier alpha value is -2.60. The van der Waals surface area contributed by atoms with Crippen LogP contribution in [0.5, 0.6) is 0 Å². The molecule has 0 aliphatic carbocycles. The molecule has 0 radical (unpaired) electrons. The van der Waals surface area contributed by atoms with Gasteiger partial charge in [-0.2, -0.15) is 0 Å². The van der Waals surface area contributed by atoms with Gasteiger partial charge < -0.3 is 5.11 Å². The molecule has 21 heavy (non-hydrogen) atoms. The second-order valence-electron chi connectivity index (χ2n) is 4.72. The van der Waals surface area contributed by atoms with E-state index in [4.69, 9.17) is 0 Å². The molecule has 0 fully saturated rings. The number of hydrogen-bond acceptors (Lipinski definition) is 4. The Morgan fingerprint density at radius 3 is 2.86 bits per heavy atom. The van der Waals surface area contributed by atoms with Gasteiger partial charge in [-0.3, -0.25) is 4.40 Å². The van der Waals surface area contributed by atoms with E-state index in [1.54, 1.807) is 37.4 Å². The summed E-state index contributed by atoms with van der Waals surface area (Å²) in [6.07, 6.45) is 1.65. The van der Waals surface area contributed by atoms with Crippen molar-refractivity contribution < 1.29 is 9.50 Å². The highest BCUT2D eigenvalue weighted by molar-refractivity contribution is 5.75. The standard InChI is InChI=1S/C15H12FN3O2/c1-9-7-10(4-5-12(9)16)13-15(18-21)19-6-2-3-11(8-20)14(19)17-13/h2-7,20H,8H2,1H3. The molecule has 0 aliphatic rings. The predicted octanol–water partition coefficient (Wildman–Crippen LogP) is 3.34. The zero-order valence-corrected chi connectivity index (χ0v) is 11.2. The number of aromatic nitrogens is 2. The normalized spacial score (nSPS) is 11.0. The van der Waals surface area contributed by atoms with Crippen molar-refractivity contribution in [2.45, 2.75) is 13.5 Å². The minimum absolute atomic E-state index is 0.131. The molecule has 0 atom stereocenters. The average molecular weight is 285 g/mol. The number of pyridine rings is 1. The van der Waals surface area contributed by atoms with Gasteiger partial charge in [-0.25, -0.2) is 9.37 Å². The number of aliphatic hydroxyl groups is 1. The van der Waals surface area contributed by atoms with Crippen LogP contribution in [0.2, 0.25) is 0 Å². The topological polar surface area (TPSA) is 67.0 Å². The second kappa shape index (κ2) is 5.06. The van der Waals surface area contributed by atoms with Crippen molar-refractivity contribution in [1.82, 2.24) is 9.38 Å². The van der Waals surface area contributed by atoms with Crippen LogP contribution in [0.25, 0.3) is 16.9 Å². The van der Waals surface area contributed by atoms with E-state index < -0.39 is 0 Å². The zero-order chi connectivity index (χ0) is 15.0. The highest BCUT2D eigenvalue weighted by atomic mass is 19.1. The molecule has 0 amide bonds. The van der Waals surface area contributed by atoms with Gasteiger partial charge in [-0.05, 0) is 41.9 Å². The Bertz CT molecular complexity index is 842. The van der Waals surface area contributed by atoms with E-state index in [1.807, 2.05) is 0 Å². The summed E-state index contributed by atoms with van der Waals surface area (Å²) in [4.78, 5) is 15.6. The Morgan fingerprint density at radius 2 is 2.19 bits per heavy atom.